The molecule has 0 aliphatic heterocycles. The first-order chi connectivity index (χ1) is 8.85. The monoisotopic (exact) mass is 270 g/mol. The van der Waals surface area contributed by atoms with Crippen LogP contribution in [-0.4, -0.2) is 47.8 Å². The zero-order valence-corrected chi connectivity index (χ0v) is 13.6. The van der Waals surface area contributed by atoms with Crippen molar-refractivity contribution in [2.75, 3.05) is 26.2 Å². The number of aliphatic hydroxyl groups is 1. The van der Waals surface area contributed by atoms with Gasteiger partial charge in [0.05, 0.1) is 5.60 Å². The molecule has 1 aliphatic rings. The van der Waals surface area contributed by atoms with Crippen LogP contribution >= 0.6 is 0 Å². The third-order valence-corrected chi connectivity index (χ3v) is 4.26. The van der Waals surface area contributed by atoms with Gasteiger partial charge in [-0.05, 0) is 58.0 Å². The minimum absolute atomic E-state index is 0.593. The number of likely N-dealkylation sites (N-methyl/N-ethyl adjacent to an activating group) is 1. The number of nitrogens with one attached hydrogen (secondary N) is 1. The molecule has 3 heteroatoms. The predicted molar refractivity (Wildman–Crippen MR) is 82.4 cm³/mol. The summed E-state index contributed by atoms with van der Waals surface area (Å²) in [6.07, 6.45) is 3.98. The molecule has 3 nitrogen and oxygen atoms in total. The third-order valence-electron chi connectivity index (χ3n) is 4.26. The molecule has 2 N–H and O–H groups in total. The Bertz CT molecular complexity index is 250. The van der Waals surface area contributed by atoms with E-state index in [9.17, 15) is 5.11 Å². The molecule has 0 aromatic heterocycles. The molecule has 3 atom stereocenters. The van der Waals surface area contributed by atoms with Crippen LogP contribution in [0.15, 0.2) is 0 Å². The summed E-state index contributed by atoms with van der Waals surface area (Å²) in [6, 6.07) is 0.664. The van der Waals surface area contributed by atoms with E-state index >= 15 is 0 Å². The van der Waals surface area contributed by atoms with Gasteiger partial charge in [-0.15, -0.1) is 0 Å². The molecule has 0 aromatic carbocycles. The lowest BCUT2D eigenvalue weighted by Gasteiger charge is -2.39. The normalized spacial score (nSPS) is 28.9. The summed E-state index contributed by atoms with van der Waals surface area (Å²) in [7, 11) is 0. The minimum Gasteiger partial charge on any atom is -0.389 e. The Balaban J connectivity index is 2.57. The highest BCUT2D eigenvalue weighted by Crippen LogP contribution is 2.30. The first-order valence-corrected chi connectivity index (χ1v) is 8.03. The fraction of sp³-hybridized carbons (Fsp3) is 1.00. The summed E-state index contributed by atoms with van der Waals surface area (Å²) in [5, 5.41) is 13.7. The topological polar surface area (TPSA) is 35.5 Å². The number of hydrogen-bond donors (Lipinski definition) is 2. The average Bonchev–Trinajstić information content (AvgIpc) is 2.30. The molecular weight excluding hydrogens is 236 g/mol. The Hall–Kier alpha value is -0.120. The van der Waals surface area contributed by atoms with E-state index in [0.717, 1.165) is 38.0 Å². The second-order valence-electron chi connectivity index (χ2n) is 6.98. The summed E-state index contributed by atoms with van der Waals surface area (Å²) in [4.78, 5) is 2.41. The van der Waals surface area contributed by atoms with Gasteiger partial charge in [0.1, 0.15) is 0 Å². The van der Waals surface area contributed by atoms with Gasteiger partial charge in [-0.1, -0.05) is 20.8 Å². The van der Waals surface area contributed by atoms with E-state index in [1.165, 1.54) is 19.3 Å². The number of hydrogen-bond acceptors (Lipinski definition) is 3. The molecule has 1 fully saturated rings. The quantitative estimate of drug-likeness (QED) is 0.746. The average molecular weight is 270 g/mol. The van der Waals surface area contributed by atoms with E-state index in [1.807, 2.05) is 13.8 Å². The molecule has 0 bridgehead atoms. The second-order valence-corrected chi connectivity index (χ2v) is 6.98. The summed E-state index contributed by atoms with van der Waals surface area (Å²) in [6.45, 7) is 14.5. The number of nitrogens with zero attached hydrogens (tertiary/aromatic N) is 1. The van der Waals surface area contributed by atoms with Crippen LogP contribution in [0, 0.1) is 11.8 Å². The van der Waals surface area contributed by atoms with Crippen LogP contribution in [0.4, 0.5) is 0 Å². The third kappa shape index (κ3) is 6.24. The van der Waals surface area contributed by atoms with E-state index in [4.69, 9.17) is 0 Å². The molecule has 0 spiro atoms. The summed E-state index contributed by atoms with van der Waals surface area (Å²) in [5.74, 6) is 1.58. The van der Waals surface area contributed by atoms with Crippen molar-refractivity contribution in [2.45, 2.75) is 65.5 Å². The molecule has 0 heterocycles. The van der Waals surface area contributed by atoms with Crippen LogP contribution in [-0.2, 0) is 0 Å². The molecule has 1 rings (SSSR count). The Kier molecular flexibility index (Phi) is 6.78. The van der Waals surface area contributed by atoms with Gasteiger partial charge in [-0.25, -0.2) is 0 Å². The lowest BCUT2D eigenvalue weighted by atomic mass is 9.78. The van der Waals surface area contributed by atoms with Crippen LogP contribution in [0.3, 0.4) is 0 Å². The highest BCUT2D eigenvalue weighted by molar-refractivity contribution is 4.86. The molecule has 0 aromatic rings. The standard InChI is InChI=1S/C16H34N2O/c1-6-17-15-9-8-13(3)10-14(15)11-18(7-2)12-16(4,5)19/h13-15,17,19H,6-12H2,1-5H3. The van der Waals surface area contributed by atoms with Crippen LogP contribution in [0.1, 0.15) is 53.9 Å². The first kappa shape index (κ1) is 16.9. The number of rotatable bonds is 7. The van der Waals surface area contributed by atoms with Crippen molar-refractivity contribution >= 4 is 0 Å². The van der Waals surface area contributed by atoms with Gasteiger partial charge in [0.15, 0.2) is 0 Å². The van der Waals surface area contributed by atoms with Crippen molar-refractivity contribution in [1.29, 1.82) is 0 Å². The first-order valence-electron chi connectivity index (χ1n) is 8.03. The van der Waals surface area contributed by atoms with Crippen molar-refractivity contribution in [3.8, 4) is 0 Å². The zero-order valence-electron chi connectivity index (χ0n) is 13.6. The largest absolute Gasteiger partial charge is 0.389 e. The SMILES string of the molecule is CCNC1CCC(C)CC1CN(CC)CC(C)(C)O. The van der Waals surface area contributed by atoms with Crippen molar-refractivity contribution < 1.29 is 5.11 Å². The van der Waals surface area contributed by atoms with Gasteiger partial charge in [0.25, 0.3) is 0 Å². The van der Waals surface area contributed by atoms with E-state index in [-0.39, 0.29) is 0 Å². The van der Waals surface area contributed by atoms with E-state index in [1.54, 1.807) is 0 Å². The Morgan fingerprint density at radius 3 is 2.47 bits per heavy atom. The lowest BCUT2D eigenvalue weighted by Crippen LogP contribution is -2.48. The Labute approximate surface area is 119 Å². The van der Waals surface area contributed by atoms with Crippen molar-refractivity contribution in [3.05, 3.63) is 0 Å². The molecule has 3 unspecified atom stereocenters. The molecule has 0 radical (unpaired) electrons. The molecule has 0 amide bonds. The molecular formula is C16H34N2O. The summed E-state index contributed by atoms with van der Waals surface area (Å²) < 4.78 is 0. The van der Waals surface area contributed by atoms with E-state index in [0.29, 0.717) is 6.04 Å². The van der Waals surface area contributed by atoms with Gasteiger partial charge in [-0.3, -0.25) is 0 Å². The van der Waals surface area contributed by atoms with Crippen molar-refractivity contribution in [2.24, 2.45) is 11.8 Å². The Morgan fingerprint density at radius 1 is 1.26 bits per heavy atom. The van der Waals surface area contributed by atoms with Crippen LogP contribution in [0.25, 0.3) is 0 Å². The van der Waals surface area contributed by atoms with Gasteiger partial charge < -0.3 is 15.3 Å². The Morgan fingerprint density at radius 2 is 1.95 bits per heavy atom. The van der Waals surface area contributed by atoms with Gasteiger partial charge in [0.2, 0.25) is 0 Å². The maximum absolute atomic E-state index is 10.0. The van der Waals surface area contributed by atoms with Crippen LogP contribution in [0.2, 0.25) is 0 Å². The molecule has 1 saturated carbocycles. The molecule has 1 aliphatic carbocycles. The van der Waals surface area contributed by atoms with Crippen molar-refractivity contribution in [1.82, 2.24) is 10.2 Å². The van der Waals surface area contributed by atoms with E-state index in [2.05, 4.69) is 31.0 Å². The van der Waals surface area contributed by atoms with Gasteiger partial charge in [-0.2, -0.15) is 0 Å². The smallest absolute Gasteiger partial charge is 0.0718 e. The summed E-state index contributed by atoms with van der Waals surface area (Å²) >= 11 is 0. The lowest BCUT2D eigenvalue weighted by molar-refractivity contribution is 0.0262. The molecule has 114 valence electrons. The highest BCUT2D eigenvalue weighted by atomic mass is 16.3. The molecule has 19 heavy (non-hydrogen) atoms. The van der Waals surface area contributed by atoms with Crippen LogP contribution in [0.5, 0.6) is 0 Å². The van der Waals surface area contributed by atoms with Crippen molar-refractivity contribution in [3.63, 3.8) is 0 Å². The van der Waals surface area contributed by atoms with Crippen LogP contribution < -0.4 is 5.32 Å². The second kappa shape index (κ2) is 7.61. The zero-order chi connectivity index (χ0) is 14.5. The maximum atomic E-state index is 10.0. The highest BCUT2D eigenvalue weighted by Gasteiger charge is 2.30. The fourth-order valence-corrected chi connectivity index (χ4v) is 3.42. The maximum Gasteiger partial charge on any atom is 0.0718 e. The van der Waals surface area contributed by atoms with E-state index < -0.39 is 5.60 Å². The predicted octanol–water partition coefficient (Wildman–Crippen LogP) is 2.49. The molecule has 0 saturated heterocycles. The minimum atomic E-state index is -0.593. The van der Waals surface area contributed by atoms with Gasteiger partial charge >= 0.3 is 0 Å². The van der Waals surface area contributed by atoms with Gasteiger partial charge in [0, 0.05) is 19.1 Å². The fourth-order valence-electron chi connectivity index (χ4n) is 3.42. The summed E-state index contributed by atoms with van der Waals surface area (Å²) in [5.41, 5.74) is -0.593.